The second kappa shape index (κ2) is 10.7. The molecule has 1 atom stereocenters. The van der Waals surface area contributed by atoms with Crippen LogP contribution < -0.4 is 4.90 Å². The molecule has 184 valence electrons. The molecule has 2 aromatic rings. The Hall–Kier alpha value is -2.74. The van der Waals surface area contributed by atoms with Gasteiger partial charge in [-0.1, -0.05) is 28.1 Å². The molecule has 1 aliphatic heterocycles. The van der Waals surface area contributed by atoms with Crippen molar-refractivity contribution in [1.29, 1.82) is 0 Å². The summed E-state index contributed by atoms with van der Waals surface area (Å²) in [6.07, 6.45) is -0.199. The van der Waals surface area contributed by atoms with Gasteiger partial charge in [-0.15, -0.1) is 0 Å². The zero-order chi connectivity index (χ0) is 25.0. The van der Waals surface area contributed by atoms with E-state index in [1.54, 1.807) is 52.1 Å². The molecular formula is C26H34BrN3O4. The second-order valence-corrected chi connectivity index (χ2v) is 10.6. The molecule has 0 unspecified atom stereocenters. The quantitative estimate of drug-likeness (QED) is 0.610. The maximum Gasteiger partial charge on any atom is 0.410 e. The number of phenols is 1. The fourth-order valence-corrected chi connectivity index (χ4v) is 4.53. The van der Waals surface area contributed by atoms with E-state index < -0.39 is 17.7 Å². The first-order chi connectivity index (χ1) is 15.9. The van der Waals surface area contributed by atoms with E-state index in [0.29, 0.717) is 19.5 Å². The van der Waals surface area contributed by atoms with Gasteiger partial charge < -0.3 is 19.6 Å². The molecule has 2 amide bonds. The summed E-state index contributed by atoms with van der Waals surface area (Å²) in [5, 5.41) is 9.62. The number of aryl methyl sites for hydroxylation is 1. The van der Waals surface area contributed by atoms with E-state index in [1.165, 1.54) is 16.2 Å². The summed E-state index contributed by atoms with van der Waals surface area (Å²) in [6.45, 7) is 10.1. The van der Waals surface area contributed by atoms with Crippen molar-refractivity contribution in [3.8, 4) is 5.75 Å². The van der Waals surface area contributed by atoms with Crippen molar-refractivity contribution in [3.63, 3.8) is 0 Å². The molecule has 1 fully saturated rings. The number of aromatic hydroxyl groups is 1. The summed E-state index contributed by atoms with van der Waals surface area (Å²) in [7, 11) is 1.61. The van der Waals surface area contributed by atoms with Crippen LogP contribution in [0.5, 0.6) is 5.75 Å². The number of halogens is 1. The first-order valence-corrected chi connectivity index (χ1v) is 12.3. The minimum absolute atomic E-state index is 0.103. The molecule has 0 aliphatic carbocycles. The van der Waals surface area contributed by atoms with Crippen molar-refractivity contribution in [1.82, 2.24) is 9.80 Å². The Kier molecular flexibility index (Phi) is 8.13. The van der Waals surface area contributed by atoms with Crippen molar-refractivity contribution < 1.29 is 19.4 Å². The molecule has 1 saturated heterocycles. The minimum Gasteiger partial charge on any atom is -0.508 e. The van der Waals surface area contributed by atoms with Crippen LogP contribution in [0.4, 0.5) is 10.5 Å². The summed E-state index contributed by atoms with van der Waals surface area (Å²) in [4.78, 5) is 32.0. The number of phenolic OH excluding ortho intramolecular Hbond substituents is 1. The lowest BCUT2D eigenvalue weighted by atomic mass is 10.0. The number of likely N-dealkylation sites (N-methyl/N-ethyl adjacent to an activating group) is 1. The molecule has 8 heteroatoms. The van der Waals surface area contributed by atoms with Gasteiger partial charge in [0.15, 0.2) is 0 Å². The maximum atomic E-state index is 13.6. The molecule has 0 saturated carbocycles. The molecule has 2 aromatic carbocycles. The van der Waals surface area contributed by atoms with E-state index in [0.717, 1.165) is 23.1 Å². The zero-order valence-corrected chi connectivity index (χ0v) is 22.1. The van der Waals surface area contributed by atoms with Crippen LogP contribution >= 0.6 is 15.9 Å². The Morgan fingerprint density at radius 3 is 2.26 bits per heavy atom. The van der Waals surface area contributed by atoms with Crippen LogP contribution in [0.15, 0.2) is 46.9 Å². The van der Waals surface area contributed by atoms with E-state index in [4.69, 9.17) is 4.74 Å². The predicted molar refractivity (Wildman–Crippen MR) is 137 cm³/mol. The van der Waals surface area contributed by atoms with Gasteiger partial charge in [0.25, 0.3) is 0 Å². The Balaban J connectivity index is 1.75. The molecule has 3 rings (SSSR count). The molecule has 34 heavy (non-hydrogen) atoms. The summed E-state index contributed by atoms with van der Waals surface area (Å²) < 4.78 is 6.58. The lowest BCUT2D eigenvalue weighted by Gasteiger charge is -2.39. The summed E-state index contributed by atoms with van der Waals surface area (Å²) >= 11 is 3.51. The smallest absolute Gasteiger partial charge is 0.410 e. The van der Waals surface area contributed by atoms with E-state index in [-0.39, 0.29) is 11.7 Å². The number of rotatable bonds is 5. The average molecular weight is 532 g/mol. The Morgan fingerprint density at radius 2 is 1.71 bits per heavy atom. The van der Waals surface area contributed by atoms with Gasteiger partial charge in [-0.05, 0) is 69.2 Å². The number of ether oxygens (including phenoxy) is 1. The molecule has 1 aliphatic rings. The van der Waals surface area contributed by atoms with Gasteiger partial charge in [-0.25, -0.2) is 4.79 Å². The van der Waals surface area contributed by atoms with Gasteiger partial charge in [-0.2, -0.15) is 0 Å². The van der Waals surface area contributed by atoms with Crippen LogP contribution in [0.2, 0.25) is 0 Å². The Bertz CT molecular complexity index is 1010. The number of hydrogen-bond donors (Lipinski definition) is 1. The van der Waals surface area contributed by atoms with Crippen LogP contribution in [0.1, 0.15) is 31.9 Å². The van der Waals surface area contributed by atoms with Crippen molar-refractivity contribution in [3.05, 3.63) is 58.1 Å². The van der Waals surface area contributed by atoms with E-state index in [9.17, 15) is 14.7 Å². The van der Waals surface area contributed by atoms with Gasteiger partial charge in [0.2, 0.25) is 5.91 Å². The molecule has 0 radical (unpaired) electrons. The van der Waals surface area contributed by atoms with E-state index in [2.05, 4.69) is 39.9 Å². The van der Waals surface area contributed by atoms with Gasteiger partial charge in [0.1, 0.15) is 17.4 Å². The molecule has 0 aromatic heterocycles. The van der Waals surface area contributed by atoms with E-state index in [1.807, 2.05) is 11.0 Å². The summed E-state index contributed by atoms with van der Waals surface area (Å²) in [5.74, 6) is 0.0556. The number of hydrogen-bond acceptors (Lipinski definition) is 5. The van der Waals surface area contributed by atoms with Crippen LogP contribution in [0, 0.1) is 6.92 Å². The van der Waals surface area contributed by atoms with Crippen LogP contribution in [0.3, 0.4) is 0 Å². The predicted octanol–water partition coefficient (Wildman–Crippen LogP) is 4.59. The topological polar surface area (TPSA) is 73.3 Å². The first kappa shape index (κ1) is 25.9. The van der Waals surface area contributed by atoms with Crippen molar-refractivity contribution in [2.75, 3.05) is 38.1 Å². The third-order valence-corrected chi connectivity index (χ3v) is 6.38. The summed E-state index contributed by atoms with van der Waals surface area (Å²) in [5.41, 5.74) is 2.55. The Morgan fingerprint density at radius 1 is 1.09 bits per heavy atom. The van der Waals surface area contributed by atoms with Crippen LogP contribution in [0.25, 0.3) is 0 Å². The highest BCUT2D eigenvalue weighted by atomic mass is 79.9. The molecule has 0 bridgehead atoms. The third kappa shape index (κ3) is 6.65. The molecular weight excluding hydrogens is 498 g/mol. The minimum atomic E-state index is -0.708. The highest BCUT2D eigenvalue weighted by Gasteiger charge is 2.34. The van der Waals surface area contributed by atoms with Crippen LogP contribution in [-0.2, 0) is 16.0 Å². The number of carbonyl (C=O) groups is 2. The fraction of sp³-hybridized carbons (Fsp3) is 0.462. The van der Waals surface area contributed by atoms with Gasteiger partial charge in [-0.3, -0.25) is 9.69 Å². The SMILES string of the molecule is Cc1cc(Br)ccc1N1CCN(C(=O)[C@H](Cc2ccc(O)cc2)N(C)C(=O)OC(C)(C)C)CC1. The average Bonchev–Trinajstić information content (AvgIpc) is 2.77. The highest BCUT2D eigenvalue weighted by Crippen LogP contribution is 2.25. The van der Waals surface area contributed by atoms with Gasteiger partial charge >= 0.3 is 6.09 Å². The normalized spacial score (nSPS) is 15.1. The number of amides is 2. The number of anilines is 1. The molecule has 1 N–H and O–H groups in total. The lowest BCUT2D eigenvalue weighted by molar-refractivity contribution is -0.136. The fourth-order valence-electron chi connectivity index (χ4n) is 4.06. The number of carbonyl (C=O) groups excluding carboxylic acids is 2. The van der Waals surface area contributed by atoms with Gasteiger partial charge in [0, 0.05) is 49.8 Å². The number of piperazine rings is 1. The lowest BCUT2D eigenvalue weighted by Crippen LogP contribution is -2.56. The first-order valence-electron chi connectivity index (χ1n) is 11.5. The molecule has 7 nitrogen and oxygen atoms in total. The number of benzene rings is 2. The van der Waals surface area contributed by atoms with E-state index >= 15 is 0 Å². The van der Waals surface area contributed by atoms with Crippen molar-refractivity contribution in [2.45, 2.75) is 45.8 Å². The standard InChI is InChI=1S/C26H34BrN3O4/c1-18-16-20(27)8-11-22(18)29-12-14-30(15-13-29)24(32)23(17-19-6-9-21(31)10-7-19)28(5)25(33)34-26(2,3)4/h6-11,16,23,31H,12-15,17H2,1-5H3/t23-/m0/s1. The van der Waals surface area contributed by atoms with Crippen molar-refractivity contribution in [2.24, 2.45) is 0 Å². The highest BCUT2D eigenvalue weighted by molar-refractivity contribution is 9.10. The summed E-state index contributed by atoms with van der Waals surface area (Å²) in [6, 6.07) is 12.2. The van der Waals surface area contributed by atoms with Gasteiger partial charge in [0.05, 0.1) is 0 Å². The van der Waals surface area contributed by atoms with Crippen molar-refractivity contribution >= 4 is 33.6 Å². The number of nitrogens with zero attached hydrogens (tertiary/aromatic N) is 3. The monoisotopic (exact) mass is 531 g/mol. The molecule has 0 spiro atoms. The maximum absolute atomic E-state index is 13.6. The second-order valence-electron chi connectivity index (χ2n) is 9.72. The third-order valence-electron chi connectivity index (χ3n) is 5.89. The zero-order valence-electron chi connectivity index (χ0n) is 20.5. The Labute approximate surface area is 210 Å². The van der Waals surface area contributed by atoms with Crippen LogP contribution in [-0.4, -0.2) is 71.8 Å². The largest absolute Gasteiger partial charge is 0.508 e. The molecule has 1 heterocycles.